The number of aromatic nitrogens is 1. The fourth-order valence-corrected chi connectivity index (χ4v) is 3.18. The quantitative estimate of drug-likeness (QED) is 0.846. The molecular weight excluding hydrogens is 348 g/mol. The van der Waals surface area contributed by atoms with Crippen LogP contribution in [0.15, 0.2) is 42.6 Å². The zero-order chi connectivity index (χ0) is 18.4. The minimum Gasteiger partial charge on any atom is -0.383 e. The van der Waals surface area contributed by atoms with E-state index in [9.17, 15) is 4.79 Å². The van der Waals surface area contributed by atoms with Crippen LogP contribution >= 0.6 is 11.6 Å². The summed E-state index contributed by atoms with van der Waals surface area (Å²) in [5, 5.41) is 4.09. The highest BCUT2D eigenvalue weighted by molar-refractivity contribution is 6.30. The number of pyridine rings is 1. The van der Waals surface area contributed by atoms with Crippen molar-refractivity contribution in [2.24, 2.45) is 0 Å². The van der Waals surface area contributed by atoms with E-state index in [0.717, 1.165) is 56.4 Å². The van der Waals surface area contributed by atoms with Gasteiger partial charge in [0.1, 0.15) is 5.69 Å². The van der Waals surface area contributed by atoms with Crippen LogP contribution in [0.4, 0.5) is 5.69 Å². The maximum absolute atomic E-state index is 12.5. The minimum atomic E-state index is 0.0217. The second-order valence-corrected chi connectivity index (χ2v) is 6.90. The van der Waals surface area contributed by atoms with Gasteiger partial charge in [0.15, 0.2) is 0 Å². The van der Waals surface area contributed by atoms with E-state index in [1.54, 1.807) is 12.3 Å². The normalized spacial score (nSPS) is 15.1. The first-order valence-corrected chi connectivity index (χ1v) is 9.49. The first-order chi connectivity index (χ1) is 12.7. The van der Waals surface area contributed by atoms with Crippen molar-refractivity contribution in [1.82, 2.24) is 14.8 Å². The Hall–Kier alpha value is -2.11. The van der Waals surface area contributed by atoms with Crippen LogP contribution in [-0.2, 0) is 6.42 Å². The van der Waals surface area contributed by atoms with Gasteiger partial charge >= 0.3 is 0 Å². The molecule has 0 radical (unpaired) electrons. The molecule has 0 unspecified atom stereocenters. The summed E-state index contributed by atoms with van der Waals surface area (Å²) in [5.74, 6) is 0.0217. The Morgan fingerprint density at radius 2 is 1.85 bits per heavy atom. The molecule has 1 aliphatic rings. The van der Waals surface area contributed by atoms with E-state index in [2.05, 4.69) is 22.1 Å². The molecule has 5 nitrogen and oxygen atoms in total. The third-order valence-corrected chi connectivity index (χ3v) is 5.00. The Bertz CT molecular complexity index is 710. The Balaban J connectivity index is 1.48. The molecule has 6 heteroatoms. The molecule has 2 aromatic rings. The molecule has 0 atom stereocenters. The molecule has 0 spiro atoms. The van der Waals surface area contributed by atoms with E-state index in [1.807, 2.05) is 35.2 Å². The number of carbonyl (C=O) groups is 1. The lowest BCUT2D eigenvalue weighted by molar-refractivity contribution is 0.0637. The number of hydrogen-bond acceptors (Lipinski definition) is 4. The fraction of sp³-hybridized carbons (Fsp3) is 0.400. The zero-order valence-electron chi connectivity index (χ0n) is 15.1. The molecule has 26 heavy (non-hydrogen) atoms. The Morgan fingerprint density at radius 3 is 2.46 bits per heavy atom. The smallest absolute Gasteiger partial charge is 0.272 e. The Labute approximate surface area is 160 Å². The summed E-state index contributed by atoms with van der Waals surface area (Å²) in [6, 6.07) is 11.6. The number of anilines is 1. The van der Waals surface area contributed by atoms with Crippen molar-refractivity contribution >= 4 is 23.2 Å². The zero-order valence-corrected chi connectivity index (χ0v) is 15.9. The molecular formula is C20H25ClN4O. The number of rotatable bonds is 6. The van der Waals surface area contributed by atoms with Gasteiger partial charge in [0.2, 0.25) is 0 Å². The standard InChI is InChI=1S/C20H25ClN4O/c1-2-24-11-13-25(14-12-24)20(26)19-8-7-18(15-23-19)22-10-9-16-3-5-17(21)6-4-16/h3-8,15,22H,2,9-14H2,1H3. The average Bonchev–Trinajstić information content (AvgIpc) is 2.69. The molecule has 1 N–H and O–H groups in total. The lowest BCUT2D eigenvalue weighted by Gasteiger charge is -2.33. The molecule has 0 saturated carbocycles. The van der Waals surface area contributed by atoms with Gasteiger partial charge in [-0.3, -0.25) is 4.79 Å². The van der Waals surface area contributed by atoms with Gasteiger partial charge in [-0.25, -0.2) is 4.98 Å². The van der Waals surface area contributed by atoms with Crippen molar-refractivity contribution in [3.8, 4) is 0 Å². The number of amides is 1. The third kappa shape index (κ3) is 4.96. The van der Waals surface area contributed by atoms with Gasteiger partial charge in [0.05, 0.1) is 11.9 Å². The van der Waals surface area contributed by atoms with Gasteiger partial charge in [-0.1, -0.05) is 30.7 Å². The van der Waals surface area contributed by atoms with Crippen LogP contribution < -0.4 is 5.32 Å². The van der Waals surface area contributed by atoms with Gasteiger partial charge in [-0.05, 0) is 42.8 Å². The van der Waals surface area contributed by atoms with E-state index in [-0.39, 0.29) is 5.91 Å². The van der Waals surface area contributed by atoms with Gasteiger partial charge in [0.25, 0.3) is 5.91 Å². The van der Waals surface area contributed by atoms with Crippen molar-refractivity contribution in [2.45, 2.75) is 13.3 Å². The highest BCUT2D eigenvalue weighted by atomic mass is 35.5. The number of likely N-dealkylation sites (N-methyl/N-ethyl adjacent to an activating group) is 1. The Kier molecular flexibility index (Phi) is 6.47. The van der Waals surface area contributed by atoms with Crippen molar-refractivity contribution < 1.29 is 4.79 Å². The van der Waals surface area contributed by atoms with Gasteiger partial charge in [-0.15, -0.1) is 0 Å². The van der Waals surface area contributed by atoms with E-state index < -0.39 is 0 Å². The van der Waals surface area contributed by atoms with Crippen LogP contribution in [0.5, 0.6) is 0 Å². The average molecular weight is 373 g/mol. The first kappa shape index (κ1) is 18.7. The highest BCUT2D eigenvalue weighted by Gasteiger charge is 2.21. The maximum Gasteiger partial charge on any atom is 0.272 e. The van der Waals surface area contributed by atoms with Crippen molar-refractivity contribution in [3.05, 3.63) is 58.9 Å². The topological polar surface area (TPSA) is 48.5 Å². The lowest BCUT2D eigenvalue weighted by Crippen LogP contribution is -2.48. The van der Waals surface area contributed by atoms with Crippen LogP contribution in [0, 0.1) is 0 Å². The summed E-state index contributed by atoms with van der Waals surface area (Å²) in [6.45, 7) is 7.41. The SMILES string of the molecule is CCN1CCN(C(=O)c2ccc(NCCc3ccc(Cl)cc3)cn2)CC1. The summed E-state index contributed by atoms with van der Waals surface area (Å²) in [6.07, 6.45) is 2.64. The number of carbonyl (C=O) groups excluding carboxylic acids is 1. The number of nitrogens with one attached hydrogen (secondary N) is 1. The summed E-state index contributed by atoms with van der Waals surface area (Å²) < 4.78 is 0. The predicted octanol–water partition coefficient (Wildman–Crippen LogP) is 3.17. The number of benzene rings is 1. The number of nitrogens with zero attached hydrogens (tertiary/aromatic N) is 3. The van der Waals surface area contributed by atoms with Crippen molar-refractivity contribution in [3.63, 3.8) is 0 Å². The van der Waals surface area contributed by atoms with Gasteiger partial charge in [0, 0.05) is 37.7 Å². The molecule has 2 heterocycles. The largest absolute Gasteiger partial charge is 0.383 e. The molecule has 1 fully saturated rings. The van der Waals surface area contributed by atoms with Gasteiger partial charge in [-0.2, -0.15) is 0 Å². The monoisotopic (exact) mass is 372 g/mol. The summed E-state index contributed by atoms with van der Waals surface area (Å²) in [4.78, 5) is 21.1. The van der Waals surface area contributed by atoms with Gasteiger partial charge < -0.3 is 15.1 Å². The van der Waals surface area contributed by atoms with Crippen LogP contribution in [0.3, 0.4) is 0 Å². The Morgan fingerprint density at radius 1 is 1.12 bits per heavy atom. The molecule has 1 saturated heterocycles. The molecule has 1 aromatic heterocycles. The summed E-state index contributed by atoms with van der Waals surface area (Å²) in [7, 11) is 0. The minimum absolute atomic E-state index is 0.0217. The number of hydrogen-bond donors (Lipinski definition) is 1. The molecule has 1 amide bonds. The molecule has 0 bridgehead atoms. The van der Waals surface area contributed by atoms with E-state index in [1.165, 1.54) is 5.56 Å². The van der Waals surface area contributed by atoms with Crippen LogP contribution in [0.25, 0.3) is 0 Å². The highest BCUT2D eigenvalue weighted by Crippen LogP contribution is 2.12. The maximum atomic E-state index is 12.5. The third-order valence-electron chi connectivity index (χ3n) is 4.75. The van der Waals surface area contributed by atoms with E-state index in [4.69, 9.17) is 11.6 Å². The molecule has 0 aliphatic carbocycles. The predicted molar refractivity (Wildman–Crippen MR) is 106 cm³/mol. The molecule has 3 rings (SSSR count). The number of halogens is 1. The van der Waals surface area contributed by atoms with Crippen LogP contribution in [0.1, 0.15) is 23.0 Å². The lowest BCUT2D eigenvalue weighted by atomic mass is 10.1. The van der Waals surface area contributed by atoms with E-state index >= 15 is 0 Å². The van der Waals surface area contributed by atoms with Crippen LogP contribution in [-0.4, -0.2) is 60.0 Å². The second kappa shape index (κ2) is 9.01. The van der Waals surface area contributed by atoms with Crippen molar-refractivity contribution in [2.75, 3.05) is 44.6 Å². The fourth-order valence-electron chi connectivity index (χ4n) is 3.06. The summed E-state index contributed by atoms with van der Waals surface area (Å²) >= 11 is 5.90. The first-order valence-electron chi connectivity index (χ1n) is 9.11. The molecule has 1 aliphatic heterocycles. The molecule has 1 aromatic carbocycles. The van der Waals surface area contributed by atoms with Crippen molar-refractivity contribution in [1.29, 1.82) is 0 Å². The number of piperazine rings is 1. The summed E-state index contributed by atoms with van der Waals surface area (Å²) in [5.41, 5.74) is 2.66. The van der Waals surface area contributed by atoms with Crippen LogP contribution in [0.2, 0.25) is 5.02 Å². The molecule has 138 valence electrons. The van der Waals surface area contributed by atoms with E-state index in [0.29, 0.717) is 5.69 Å². The second-order valence-electron chi connectivity index (χ2n) is 6.46.